The molecule has 0 aromatic carbocycles. The van der Waals surface area contributed by atoms with Crippen molar-refractivity contribution in [1.29, 1.82) is 0 Å². The topological polar surface area (TPSA) is 58.6 Å². The molecule has 1 rings (SSSR count). The number of carbonyl (C=O) groups is 1. The highest BCUT2D eigenvalue weighted by molar-refractivity contribution is 5.71. The lowest BCUT2D eigenvalue weighted by Gasteiger charge is -1.85. The summed E-state index contributed by atoms with van der Waals surface area (Å²) < 4.78 is 4.37. The van der Waals surface area contributed by atoms with Gasteiger partial charge in [0.25, 0.3) is 0 Å². The van der Waals surface area contributed by atoms with Crippen LogP contribution >= 0.6 is 0 Å². The molecule has 0 bridgehead atoms. The molecule has 0 radical (unpaired) electrons. The monoisotopic (exact) mass is 115 g/mol. The van der Waals surface area contributed by atoms with Crippen molar-refractivity contribution in [3.63, 3.8) is 0 Å². The Morgan fingerprint density at radius 1 is 1.88 bits per heavy atom. The van der Waals surface area contributed by atoms with Gasteiger partial charge in [-0.05, 0) is 0 Å². The number of carbonyl (C=O) groups excluding carboxylic acids is 1. The van der Waals surface area contributed by atoms with Crippen LogP contribution in [-0.2, 0) is 4.74 Å². The van der Waals surface area contributed by atoms with Crippen molar-refractivity contribution in [3.8, 4) is 0 Å². The number of aliphatic hydroxyl groups excluding tert-OH is 1. The average Bonchev–Trinajstić information content (AvgIpc) is 2.14. The maximum atomic E-state index is 10.1. The second kappa shape index (κ2) is 1.73. The SMILES string of the molecule is O=C1NCC(=CO)O1. The zero-order valence-electron chi connectivity index (χ0n) is 4.05. The number of ether oxygens (including phenoxy) is 1. The largest absolute Gasteiger partial charge is 0.512 e. The highest BCUT2D eigenvalue weighted by Gasteiger charge is 2.14. The van der Waals surface area contributed by atoms with Gasteiger partial charge in [-0.1, -0.05) is 0 Å². The van der Waals surface area contributed by atoms with Gasteiger partial charge in [-0.15, -0.1) is 0 Å². The zero-order chi connectivity index (χ0) is 5.98. The van der Waals surface area contributed by atoms with Gasteiger partial charge in [-0.3, -0.25) is 0 Å². The predicted octanol–water partition coefficient (Wildman–Crippen LogP) is 0.126. The van der Waals surface area contributed by atoms with Crippen molar-refractivity contribution in [2.75, 3.05) is 6.54 Å². The first-order chi connectivity index (χ1) is 3.83. The summed E-state index contributed by atoms with van der Waals surface area (Å²) in [6.45, 7) is 0.287. The number of hydrogen-bond donors (Lipinski definition) is 2. The van der Waals surface area contributed by atoms with E-state index in [0.717, 1.165) is 6.26 Å². The number of rotatable bonds is 0. The first kappa shape index (κ1) is 4.96. The molecule has 0 aromatic rings. The van der Waals surface area contributed by atoms with Crippen molar-refractivity contribution in [3.05, 3.63) is 12.0 Å². The van der Waals surface area contributed by atoms with E-state index < -0.39 is 6.09 Å². The summed E-state index contributed by atoms with van der Waals surface area (Å²) in [5, 5.41) is 10.5. The van der Waals surface area contributed by atoms with Gasteiger partial charge >= 0.3 is 6.09 Å². The fourth-order valence-corrected chi connectivity index (χ4v) is 0.423. The van der Waals surface area contributed by atoms with Gasteiger partial charge in [0.15, 0.2) is 5.76 Å². The van der Waals surface area contributed by atoms with Gasteiger partial charge < -0.3 is 15.2 Å². The summed E-state index contributed by atoms with van der Waals surface area (Å²) >= 11 is 0. The summed E-state index contributed by atoms with van der Waals surface area (Å²) in [4.78, 5) is 10.1. The van der Waals surface area contributed by atoms with Crippen LogP contribution in [0.15, 0.2) is 12.0 Å². The summed E-state index contributed by atoms with van der Waals surface area (Å²) in [5.41, 5.74) is 0. The quantitative estimate of drug-likeness (QED) is 0.441. The molecule has 44 valence electrons. The Balaban J connectivity index is 2.56. The van der Waals surface area contributed by atoms with E-state index in [0.29, 0.717) is 0 Å². The highest BCUT2D eigenvalue weighted by Crippen LogP contribution is 2.00. The van der Waals surface area contributed by atoms with E-state index >= 15 is 0 Å². The van der Waals surface area contributed by atoms with Crippen LogP contribution in [0.25, 0.3) is 0 Å². The Kier molecular flexibility index (Phi) is 1.07. The molecular weight excluding hydrogens is 110 g/mol. The third-order valence-electron chi connectivity index (χ3n) is 0.775. The van der Waals surface area contributed by atoms with E-state index in [1.165, 1.54) is 0 Å². The predicted molar refractivity (Wildman–Crippen MR) is 25.2 cm³/mol. The van der Waals surface area contributed by atoms with E-state index in [4.69, 9.17) is 5.11 Å². The number of hydrogen-bond acceptors (Lipinski definition) is 3. The van der Waals surface area contributed by atoms with Crippen LogP contribution in [0.4, 0.5) is 4.79 Å². The van der Waals surface area contributed by atoms with Crippen LogP contribution in [0.5, 0.6) is 0 Å². The Labute approximate surface area is 45.8 Å². The summed E-state index contributed by atoms with van der Waals surface area (Å²) in [5.74, 6) is 0.259. The van der Waals surface area contributed by atoms with Gasteiger partial charge in [-0.2, -0.15) is 0 Å². The molecular formula is C4H5NO3. The zero-order valence-corrected chi connectivity index (χ0v) is 4.05. The second-order valence-electron chi connectivity index (χ2n) is 1.34. The second-order valence-corrected chi connectivity index (χ2v) is 1.34. The molecule has 1 fully saturated rings. The molecule has 1 amide bonds. The molecule has 4 heteroatoms. The molecule has 0 saturated carbocycles. The first-order valence-electron chi connectivity index (χ1n) is 2.12. The van der Waals surface area contributed by atoms with Crippen LogP contribution in [0.3, 0.4) is 0 Å². The molecule has 0 spiro atoms. The summed E-state index contributed by atoms with van der Waals surface area (Å²) in [6.07, 6.45) is 0.253. The summed E-state index contributed by atoms with van der Waals surface area (Å²) in [6, 6.07) is 0. The highest BCUT2D eigenvalue weighted by atomic mass is 16.6. The molecule has 0 atom stereocenters. The van der Waals surface area contributed by atoms with Crippen LogP contribution in [-0.4, -0.2) is 17.7 Å². The standard InChI is InChI=1S/C4H5NO3/c6-2-3-1-5-4(7)8-3/h2,6H,1H2,(H,5,7). The third kappa shape index (κ3) is 0.726. The third-order valence-corrected chi connectivity index (χ3v) is 0.775. The number of aliphatic hydroxyl groups is 1. The van der Waals surface area contributed by atoms with Gasteiger partial charge in [0.1, 0.15) is 6.26 Å². The molecule has 1 aliphatic rings. The molecule has 0 aliphatic carbocycles. The molecule has 0 aromatic heterocycles. The Morgan fingerprint density at radius 2 is 2.62 bits per heavy atom. The van der Waals surface area contributed by atoms with Crippen LogP contribution in [0.1, 0.15) is 0 Å². The number of nitrogens with one attached hydrogen (secondary N) is 1. The van der Waals surface area contributed by atoms with Crippen LogP contribution < -0.4 is 5.32 Å². The maximum absolute atomic E-state index is 10.1. The molecule has 1 saturated heterocycles. The number of cyclic esters (lactones) is 1. The van der Waals surface area contributed by atoms with Crippen molar-refractivity contribution >= 4 is 6.09 Å². The lowest BCUT2D eigenvalue weighted by molar-refractivity contribution is 0.192. The van der Waals surface area contributed by atoms with Crippen LogP contribution in [0.2, 0.25) is 0 Å². The molecule has 1 heterocycles. The first-order valence-corrected chi connectivity index (χ1v) is 2.12. The fraction of sp³-hybridized carbons (Fsp3) is 0.250. The van der Waals surface area contributed by atoms with Gasteiger partial charge in [0, 0.05) is 0 Å². The van der Waals surface area contributed by atoms with Gasteiger partial charge in [0.2, 0.25) is 0 Å². The molecule has 8 heavy (non-hydrogen) atoms. The minimum atomic E-state index is -0.509. The van der Waals surface area contributed by atoms with E-state index in [1.54, 1.807) is 0 Å². The number of alkyl carbamates (subject to hydrolysis) is 1. The molecule has 2 N–H and O–H groups in total. The van der Waals surface area contributed by atoms with Crippen LogP contribution in [0, 0.1) is 0 Å². The summed E-state index contributed by atoms with van der Waals surface area (Å²) in [7, 11) is 0. The minimum Gasteiger partial charge on any atom is -0.512 e. The molecule has 4 nitrogen and oxygen atoms in total. The minimum absolute atomic E-state index is 0.259. The van der Waals surface area contributed by atoms with Crippen molar-refractivity contribution in [2.45, 2.75) is 0 Å². The fourth-order valence-electron chi connectivity index (χ4n) is 0.423. The van der Waals surface area contributed by atoms with E-state index in [9.17, 15) is 4.79 Å². The molecule has 0 unspecified atom stereocenters. The Morgan fingerprint density at radius 3 is 2.88 bits per heavy atom. The van der Waals surface area contributed by atoms with E-state index in [-0.39, 0.29) is 12.3 Å². The average molecular weight is 115 g/mol. The van der Waals surface area contributed by atoms with E-state index in [1.807, 2.05) is 0 Å². The van der Waals surface area contributed by atoms with Crippen molar-refractivity contribution in [2.24, 2.45) is 0 Å². The van der Waals surface area contributed by atoms with Crippen molar-refractivity contribution < 1.29 is 14.6 Å². The normalized spacial score (nSPS) is 23.0. The maximum Gasteiger partial charge on any atom is 0.412 e. The number of amides is 1. The lowest BCUT2D eigenvalue weighted by atomic mass is 10.6. The smallest absolute Gasteiger partial charge is 0.412 e. The van der Waals surface area contributed by atoms with Gasteiger partial charge in [-0.25, -0.2) is 4.79 Å². The Bertz CT molecular complexity index is 140. The van der Waals surface area contributed by atoms with E-state index in [2.05, 4.69) is 10.1 Å². The van der Waals surface area contributed by atoms with Crippen molar-refractivity contribution in [1.82, 2.24) is 5.32 Å². The van der Waals surface area contributed by atoms with Gasteiger partial charge in [0.05, 0.1) is 6.54 Å². The Hall–Kier alpha value is -1.19. The molecule has 1 aliphatic heterocycles. The lowest BCUT2D eigenvalue weighted by Crippen LogP contribution is -2.11.